The van der Waals surface area contributed by atoms with Gasteiger partial charge >= 0.3 is 0 Å². The van der Waals surface area contributed by atoms with Crippen LogP contribution in [0.5, 0.6) is 0 Å². The zero-order valence-electron chi connectivity index (χ0n) is 10.6. The topological polar surface area (TPSA) is 12.0 Å². The first-order valence-electron chi connectivity index (χ1n) is 6.00. The molecule has 0 aliphatic rings. The first-order valence-corrected chi connectivity index (χ1v) is 6.00. The lowest BCUT2D eigenvalue weighted by Gasteiger charge is -2.21. The standard InChI is InChI=1S/C14H22FN/c1-10(2)9-11(3)16-12(4)13-5-7-14(15)8-6-13/h5-8,10-12,16H,9H2,1-4H3/t11?,12-/m1/s1. The number of rotatable bonds is 5. The van der Waals surface area contributed by atoms with E-state index in [0.29, 0.717) is 12.0 Å². The van der Waals surface area contributed by atoms with Crippen LogP contribution in [0, 0.1) is 11.7 Å². The Morgan fingerprint density at radius 1 is 1.06 bits per heavy atom. The fraction of sp³-hybridized carbons (Fsp3) is 0.571. The molecule has 16 heavy (non-hydrogen) atoms. The van der Waals surface area contributed by atoms with Crippen LogP contribution in [-0.2, 0) is 0 Å². The Morgan fingerprint density at radius 3 is 2.12 bits per heavy atom. The van der Waals surface area contributed by atoms with Gasteiger partial charge in [-0.2, -0.15) is 0 Å². The molecule has 1 unspecified atom stereocenters. The molecule has 0 bridgehead atoms. The van der Waals surface area contributed by atoms with Crippen LogP contribution in [0.2, 0.25) is 0 Å². The van der Waals surface area contributed by atoms with E-state index in [1.54, 1.807) is 0 Å². The summed E-state index contributed by atoms with van der Waals surface area (Å²) in [5.74, 6) is 0.522. The second-order valence-corrected chi connectivity index (χ2v) is 4.97. The predicted octanol–water partition coefficient (Wildman–Crippen LogP) is 3.91. The highest BCUT2D eigenvalue weighted by Crippen LogP contribution is 2.15. The molecule has 0 saturated carbocycles. The Bertz CT molecular complexity index is 305. The maximum absolute atomic E-state index is 12.8. The maximum atomic E-state index is 12.8. The van der Waals surface area contributed by atoms with E-state index in [1.165, 1.54) is 12.1 Å². The van der Waals surface area contributed by atoms with Crippen molar-refractivity contribution in [3.8, 4) is 0 Å². The van der Waals surface area contributed by atoms with Gasteiger partial charge in [-0.15, -0.1) is 0 Å². The van der Waals surface area contributed by atoms with Crippen LogP contribution in [-0.4, -0.2) is 6.04 Å². The monoisotopic (exact) mass is 223 g/mol. The summed E-state index contributed by atoms with van der Waals surface area (Å²) < 4.78 is 12.8. The fourth-order valence-electron chi connectivity index (χ4n) is 2.05. The van der Waals surface area contributed by atoms with Gasteiger partial charge in [-0.05, 0) is 43.9 Å². The molecular weight excluding hydrogens is 201 g/mol. The molecule has 0 aromatic heterocycles. The van der Waals surface area contributed by atoms with E-state index >= 15 is 0 Å². The Balaban J connectivity index is 2.51. The van der Waals surface area contributed by atoms with Crippen LogP contribution in [0.1, 0.15) is 45.7 Å². The highest BCUT2D eigenvalue weighted by Gasteiger charge is 2.10. The lowest BCUT2D eigenvalue weighted by Crippen LogP contribution is -2.30. The van der Waals surface area contributed by atoms with Crippen molar-refractivity contribution < 1.29 is 4.39 Å². The van der Waals surface area contributed by atoms with E-state index in [4.69, 9.17) is 0 Å². The van der Waals surface area contributed by atoms with Gasteiger partial charge in [0.05, 0.1) is 0 Å². The van der Waals surface area contributed by atoms with Crippen molar-refractivity contribution >= 4 is 0 Å². The summed E-state index contributed by atoms with van der Waals surface area (Å²) in [5.41, 5.74) is 1.14. The minimum atomic E-state index is -0.175. The van der Waals surface area contributed by atoms with E-state index in [2.05, 4.69) is 33.0 Å². The summed E-state index contributed by atoms with van der Waals surface area (Å²) in [4.78, 5) is 0. The van der Waals surface area contributed by atoms with E-state index in [1.807, 2.05) is 12.1 Å². The molecule has 2 heteroatoms. The molecule has 0 saturated heterocycles. The third kappa shape index (κ3) is 4.31. The quantitative estimate of drug-likeness (QED) is 0.798. The van der Waals surface area contributed by atoms with Crippen LogP contribution >= 0.6 is 0 Å². The summed E-state index contributed by atoms with van der Waals surface area (Å²) in [5, 5.41) is 3.52. The number of hydrogen-bond donors (Lipinski definition) is 1. The Kier molecular flexibility index (Phi) is 4.94. The molecule has 0 amide bonds. The fourth-order valence-corrected chi connectivity index (χ4v) is 2.05. The summed E-state index contributed by atoms with van der Waals surface area (Å²) in [6.45, 7) is 8.76. The molecular formula is C14H22FN. The van der Waals surface area contributed by atoms with Crippen molar-refractivity contribution in [2.24, 2.45) is 5.92 Å². The maximum Gasteiger partial charge on any atom is 0.123 e. The molecule has 1 N–H and O–H groups in total. The van der Waals surface area contributed by atoms with Gasteiger partial charge in [0.15, 0.2) is 0 Å². The average molecular weight is 223 g/mol. The lowest BCUT2D eigenvalue weighted by atomic mass is 10.0. The zero-order valence-corrected chi connectivity index (χ0v) is 10.6. The van der Waals surface area contributed by atoms with E-state index in [-0.39, 0.29) is 11.9 Å². The highest BCUT2D eigenvalue weighted by atomic mass is 19.1. The average Bonchev–Trinajstić information content (AvgIpc) is 2.16. The zero-order chi connectivity index (χ0) is 12.1. The minimum Gasteiger partial charge on any atom is -0.308 e. The molecule has 0 aliphatic carbocycles. The predicted molar refractivity (Wildman–Crippen MR) is 66.9 cm³/mol. The Hall–Kier alpha value is -0.890. The lowest BCUT2D eigenvalue weighted by molar-refractivity contribution is 0.406. The van der Waals surface area contributed by atoms with Crippen molar-refractivity contribution in [2.45, 2.75) is 46.2 Å². The number of benzene rings is 1. The van der Waals surface area contributed by atoms with Gasteiger partial charge in [-0.1, -0.05) is 26.0 Å². The SMILES string of the molecule is CC(C)CC(C)N[C@H](C)c1ccc(F)cc1. The molecule has 90 valence electrons. The van der Waals surface area contributed by atoms with Gasteiger partial charge in [0.25, 0.3) is 0 Å². The summed E-state index contributed by atoms with van der Waals surface area (Å²) in [6.07, 6.45) is 1.16. The van der Waals surface area contributed by atoms with Crippen LogP contribution in [0.3, 0.4) is 0 Å². The first-order chi connectivity index (χ1) is 7.49. The molecule has 1 aromatic rings. The van der Waals surface area contributed by atoms with Crippen molar-refractivity contribution in [2.75, 3.05) is 0 Å². The number of halogens is 1. The van der Waals surface area contributed by atoms with Gasteiger partial charge in [0.1, 0.15) is 5.82 Å². The molecule has 2 atom stereocenters. The summed E-state index contributed by atoms with van der Waals surface area (Å²) in [6, 6.07) is 7.47. The van der Waals surface area contributed by atoms with Crippen molar-refractivity contribution in [1.29, 1.82) is 0 Å². The molecule has 1 rings (SSSR count). The van der Waals surface area contributed by atoms with Crippen molar-refractivity contribution in [1.82, 2.24) is 5.32 Å². The molecule has 1 aromatic carbocycles. The minimum absolute atomic E-state index is 0.175. The van der Waals surface area contributed by atoms with Crippen LogP contribution < -0.4 is 5.32 Å². The molecule has 0 aliphatic heterocycles. The van der Waals surface area contributed by atoms with E-state index < -0.39 is 0 Å². The largest absolute Gasteiger partial charge is 0.308 e. The molecule has 0 heterocycles. The molecule has 0 spiro atoms. The smallest absolute Gasteiger partial charge is 0.123 e. The van der Waals surface area contributed by atoms with Gasteiger partial charge in [-0.3, -0.25) is 0 Å². The van der Waals surface area contributed by atoms with Crippen molar-refractivity contribution in [3.63, 3.8) is 0 Å². The van der Waals surface area contributed by atoms with Crippen LogP contribution in [0.25, 0.3) is 0 Å². The Morgan fingerprint density at radius 2 is 1.62 bits per heavy atom. The van der Waals surface area contributed by atoms with Gasteiger partial charge in [0, 0.05) is 12.1 Å². The van der Waals surface area contributed by atoms with Gasteiger partial charge < -0.3 is 5.32 Å². The van der Waals surface area contributed by atoms with E-state index in [9.17, 15) is 4.39 Å². The third-order valence-corrected chi connectivity index (χ3v) is 2.73. The highest BCUT2D eigenvalue weighted by molar-refractivity contribution is 5.19. The van der Waals surface area contributed by atoms with Crippen molar-refractivity contribution in [3.05, 3.63) is 35.6 Å². The summed E-state index contributed by atoms with van der Waals surface area (Å²) in [7, 11) is 0. The van der Waals surface area contributed by atoms with E-state index in [0.717, 1.165) is 12.0 Å². The van der Waals surface area contributed by atoms with Gasteiger partial charge in [0.2, 0.25) is 0 Å². The summed E-state index contributed by atoms with van der Waals surface area (Å²) >= 11 is 0. The molecule has 0 radical (unpaired) electrons. The number of hydrogen-bond acceptors (Lipinski definition) is 1. The molecule has 0 fully saturated rings. The third-order valence-electron chi connectivity index (χ3n) is 2.73. The molecule has 1 nitrogen and oxygen atoms in total. The Labute approximate surface area is 98.1 Å². The second-order valence-electron chi connectivity index (χ2n) is 4.97. The van der Waals surface area contributed by atoms with Gasteiger partial charge in [-0.25, -0.2) is 4.39 Å². The van der Waals surface area contributed by atoms with Crippen LogP contribution in [0.15, 0.2) is 24.3 Å². The normalized spacial score (nSPS) is 15.1. The number of nitrogens with one attached hydrogen (secondary N) is 1. The second kappa shape index (κ2) is 6.00. The van der Waals surface area contributed by atoms with Crippen LogP contribution in [0.4, 0.5) is 4.39 Å². The first kappa shape index (κ1) is 13.2.